The molecule has 7 nitrogen and oxygen atoms in total. The number of halogens is 4. The van der Waals surface area contributed by atoms with Gasteiger partial charge in [0.2, 0.25) is 6.36 Å². The number of methoxy groups -OCH3 is 1. The monoisotopic (exact) mass is 525 g/mol. The molecule has 3 aromatic rings. The quantitative estimate of drug-likeness (QED) is 0.272. The van der Waals surface area contributed by atoms with Crippen LogP contribution in [0.15, 0.2) is 42.5 Å². The van der Waals surface area contributed by atoms with Gasteiger partial charge in [-0.3, -0.25) is 9.59 Å². The van der Waals surface area contributed by atoms with E-state index in [4.69, 9.17) is 9.47 Å². The number of aryl methyl sites for hydroxylation is 1. The van der Waals surface area contributed by atoms with Crippen LogP contribution in [0.2, 0.25) is 0 Å². The summed E-state index contributed by atoms with van der Waals surface area (Å²) in [5.74, 6) is -1.09. The first-order valence-electron chi connectivity index (χ1n) is 10.6. The summed E-state index contributed by atoms with van der Waals surface area (Å²) in [5, 5.41) is 5.71. The molecule has 1 heterocycles. The van der Waals surface area contributed by atoms with E-state index < -0.39 is 36.3 Å². The summed E-state index contributed by atoms with van der Waals surface area (Å²) in [5.41, 5.74) is -0.331. The number of hydrogen-bond acceptors (Lipinski definition) is 6. The van der Waals surface area contributed by atoms with Crippen molar-refractivity contribution in [1.29, 1.82) is 0 Å². The van der Waals surface area contributed by atoms with Gasteiger partial charge < -0.3 is 20.1 Å². The van der Waals surface area contributed by atoms with Crippen LogP contribution in [0.25, 0.3) is 10.2 Å². The molecule has 36 heavy (non-hydrogen) atoms. The van der Waals surface area contributed by atoms with Crippen molar-refractivity contribution in [1.82, 2.24) is 10.3 Å². The number of ether oxygens (including phenoxy) is 2. The first-order chi connectivity index (χ1) is 16.9. The van der Waals surface area contributed by atoms with Crippen molar-refractivity contribution in [3.8, 4) is 11.5 Å². The van der Waals surface area contributed by atoms with Crippen molar-refractivity contribution < 1.29 is 36.6 Å². The Kier molecular flexibility index (Phi) is 8.18. The molecule has 0 aliphatic heterocycles. The van der Waals surface area contributed by atoms with Gasteiger partial charge in [0.25, 0.3) is 11.8 Å². The van der Waals surface area contributed by atoms with Gasteiger partial charge in [0, 0.05) is 25.1 Å². The fourth-order valence-electron chi connectivity index (χ4n) is 3.30. The maximum atomic E-state index is 13.4. The fourth-order valence-corrected chi connectivity index (χ4v) is 4.26. The van der Waals surface area contributed by atoms with E-state index in [9.17, 15) is 27.2 Å². The second-order valence-electron chi connectivity index (χ2n) is 7.65. The largest absolute Gasteiger partial charge is 0.496 e. The summed E-state index contributed by atoms with van der Waals surface area (Å²) >= 11 is 1.28. The van der Waals surface area contributed by atoms with Gasteiger partial charge in [-0.2, -0.15) is 13.2 Å². The van der Waals surface area contributed by atoms with Crippen molar-refractivity contribution in [2.45, 2.75) is 32.8 Å². The third-order valence-corrected chi connectivity index (χ3v) is 5.97. The maximum absolute atomic E-state index is 13.4. The number of anilines is 1. The summed E-state index contributed by atoms with van der Waals surface area (Å²) in [4.78, 5) is 30.5. The number of alkyl halides is 4. The number of nitrogens with zero attached hydrogens (tertiary/aromatic N) is 1. The first-order valence-corrected chi connectivity index (χ1v) is 11.5. The molecule has 0 bridgehead atoms. The lowest BCUT2D eigenvalue weighted by molar-refractivity contribution is -0.0934. The Morgan fingerprint density at radius 3 is 2.56 bits per heavy atom. The number of rotatable bonds is 9. The topological polar surface area (TPSA) is 89.6 Å². The number of fused-ring (bicyclic) bond motifs is 1. The molecule has 2 N–H and O–H groups in total. The number of aromatic nitrogens is 1. The lowest BCUT2D eigenvalue weighted by Gasteiger charge is -2.16. The van der Waals surface area contributed by atoms with Crippen LogP contribution in [0.3, 0.4) is 0 Å². The lowest BCUT2D eigenvalue weighted by Crippen LogP contribution is -2.27. The maximum Gasteiger partial charge on any atom is 0.412 e. The van der Waals surface area contributed by atoms with Crippen LogP contribution in [0.4, 0.5) is 23.2 Å². The van der Waals surface area contributed by atoms with Gasteiger partial charge in [-0.25, -0.2) is 9.37 Å². The number of nitrogens with one attached hydrogen (secondary N) is 2. The molecule has 0 aliphatic rings. The van der Waals surface area contributed by atoms with Crippen LogP contribution in [-0.2, 0) is 0 Å². The molecule has 1 aromatic heterocycles. The smallest absolute Gasteiger partial charge is 0.412 e. The van der Waals surface area contributed by atoms with Gasteiger partial charge in [-0.15, -0.1) is 11.3 Å². The van der Waals surface area contributed by atoms with E-state index in [1.54, 1.807) is 19.1 Å². The number of hydrogen-bond donors (Lipinski definition) is 2. The highest BCUT2D eigenvalue weighted by Crippen LogP contribution is 2.34. The zero-order chi connectivity index (χ0) is 26.6. The fraction of sp³-hybridized carbons (Fsp3) is 0.292. The summed E-state index contributed by atoms with van der Waals surface area (Å²) in [6.45, 7) is 5.57. The van der Waals surface area contributed by atoms with Crippen LogP contribution in [0, 0.1) is 6.92 Å². The van der Waals surface area contributed by atoms with Crippen molar-refractivity contribution in [2.75, 3.05) is 19.0 Å². The van der Waals surface area contributed by atoms with E-state index in [-0.39, 0.29) is 34.9 Å². The van der Waals surface area contributed by atoms with Gasteiger partial charge >= 0.3 is 6.18 Å². The highest BCUT2D eigenvalue weighted by molar-refractivity contribution is 7.19. The predicted octanol–water partition coefficient (Wildman–Crippen LogP) is 5.80. The molecule has 12 heteroatoms. The summed E-state index contributed by atoms with van der Waals surface area (Å²) in [6.07, 6.45) is -6.75. The number of thiazole rings is 1. The average Bonchev–Trinajstić information content (AvgIpc) is 3.17. The Balaban J connectivity index is 1.92. The number of carbonyl (C=O) groups excluding carboxylic acids is 2. The molecule has 0 fully saturated rings. The van der Waals surface area contributed by atoms with Crippen LogP contribution in [0.1, 0.15) is 39.1 Å². The number of benzene rings is 2. The SMILES string of the molecule is C=C(CCNC(=O)c1ccc(OC(C)F)cc1NC(=O)c1c(OC)ccc2nc(C)sc12)C(F)(F)F. The van der Waals surface area contributed by atoms with E-state index >= 15 is 0 Å². The molecule has 0 saturated heterocycles. The van der Waals surface area contributed by atoms with E-state index in [2.05, 4.69) is 22.2 Å². The van der Waals surface area contributed by atoms with Crippen LogP contribution in [-0.4, -0.2) is 43.0 Å². The highest BCUT2D eigenvalue weighted by Gasteiger charge is 2.31. The molecule has 1 atom stereocenters. The molecule has 3 rings (SSSR count). The highest BCUT2D eigenvalue weighted by atomic mass is 32.1. The summed E-state index contributed by atoms with van der Waals surface area (Å²) in [7, 11) is 1.40. The van der Waals surface area contributed by atoms with Gasteiger partial charge in [0.05, 0.1) is 33.6 Å². The second kappa shape index (κ2) is 10.9. The Hall–Kier alpha value is -3.67. The van der Waals surface area contributed by atoms with Gasteiger partial charge in [-0.1, -0.05) is 6.58 Å². The minimum Gasteiger partial charge on any atom is -0.496 e. The molecule has 2 aromatic carbocycles. The standard InChI is InChI=1S/C24H23F4N3O4S/c1-12(24(26,27)28)9-10-29-22(32)16-6-5-15(35-13(2)25)11-18(16)31-23(33)20-19(34-4)8-7-17-21(20)36-14(3)30-17/h5-8,11,13H,1,9-10H2,2-4H3,(H,29,32)(H,31,33). The molecule has 0 aliphatic carbocycles. The Morgan fingerprint density at radius 1 is 1.19 bits per heavy atom. The Morgan fingerprint density at radius 2 is 1.92 bits per heavy atom. The molecule has 2 amide bonds. The molecule has 0 saturated carbocycles. The van der Waals surface area contributed by atoms with Gasteiger partial charge in [0.1, 0.15) is 17.1 Å². The Labute approximate surface area is 208 Å². The average molecular weight is 526 g/mol. The molecular weight excluding hydrogens is 502 g/mol. The van der Waals surface area contributed by atoms with Crippen LogP contribution in [0.5, 0.6) is 11.5 Å². The molecule has 192 valence electrons. The van der Waals surface area contributed by atoms with Crippen LogP contribution >= 0.6 is 11.3 Å². The predicted molar refractivity (Wildman–Crippen MR) is 129 cm³/mol. The number of carbonyl (C=O) groups is 2. The van der Waals surface area contributed by atoms with Crippen molar-refractivity contribution >= 4 is 39.1 Å². The van der Waals surface area contributed by atoms with E-state index in [1.807, 2.05) is 0 Å². The zero-order valence-corrected chi connectivity index (χ0v) is 20.4. The Bertz CT molecular complexity index is 1300. The van der Waals surface area contributed by atoms with Gasteiger partial charge in [-0.05, 0) is 37.6 Å². The molecule has 0 radical (unpaired) electrons. The minimum absolute atomic E-state index is 0.0288. The normalized spacial score (nSPS) is 12.2. The number of amides is 2. The minimum atomic E-state index is -4.57. The molecule has 0 spiro atoms. The summed E-state index contributed by atoms with van der Waals surface area (Å²) < 4.78 is 62.3. The van der Waals surface area contributed by atoms with E-state index in [0.717, 1.165) is 11.9 Å². The summed E-state index contributed by atoms with van der Waals surface area (Å²) in [6, 6.07) is 7.13. The van der Waals surface area contributed by atoms with Crippen molar-refractivity contribution in [3.63, 3.8) is 0 Å². The lowest BCUT2D eigenvalue weighted by atomic mass is 10.1. The first kappa shape index (κ1) is 26.9. The van der Waals surface area contributed by atoms with Gasteiger partial charge in [0.15, 0.2) is 0 Å². The van der Waals surface area contributed by atoms with Crippen molar-refractivity contribution in [2.24, 2.45) is 0 Å². The molecular formula is C24H23F4N3O4S. The van der Waals surface area contributed by atoms with E-state index in [1.165, 1.54) is 36.6 Å². The van der Waals surface area contributed by atoms with Crippen LogP contribution < -0.4 is 20.1 Å². The van der Waals surface area contributed by atoms with E-state index in [0.29, 0.717) is 10.2 Å². The second-order valence-corrected chi connectivity index (χ2v) is 8.86. The third kappa shape index (κ3) is 6.30. The van der Waals surface area contributed by atoms with Crippen molar-refractivity contribution in [3.05, 3.63) is 58.6 Å². The zero-order valence-electron chi connectivity index (χ0n) is 19.6. The third-order valence-electron chi connectivity index (χ3n) is 4.97. The molecule has 1 unspecified atom stereocenters.